The summed E-state index contributed by atoms with van der Waals surface area (Å²) in [5, 5.41) is 8.23. The molecule has 0 saturated carbocycles. The van der Waals surface area contributed by atoms with Gasteiger partial charge in [0, 0.05) is 31.1 Å². The molecule has 1 atom stereocenters. The van der Waals surface area contributed by atoms with Gasteiger partial charge in [-0.05, 0) is 30.7 Å². The van der Waals surface area contributed by atoms with E-state index in [1.807, 2.05) is 31.3 Å². The van der Waals surface area contributed by atoms with E-state index in [2.05, 4.69) is 20.2 Å². The van der Waals surface area contributed by atoms with Crippen LogP contribution >= 0.6 is 0 Å². The van der Waals surface area contributed by atoms with Crippen molar-refractivity contribution in [1.29, 1.82) is 0 Å². The van der Waals surface area contributed by atoms with Crippen LogP contribution in [0.4, 0.5) is 8.78 Å². The third-order valence-electron chi connectivity index (χ3n) is 5.17. The van der Waals surface area contributed by atoms with Crippen molar-refractivity contribution in [2.24, 2.45) is 0 Å². The predicted molar refractivity (Wildman–Crippen MR) is 98.6 cm³/mol. The molecule has 4 aromatic heterocycles. The number of pyridine rings is 1. The zero-order chi connectivity index (χ0) is 20.1. The van der Waals surface area contributed by atoms with E-state index in [4.69, 9.17) is 0 Å². The van der Waals surface area contributed by atoms with Crippen LogP contribution in [-0.2, 0) is 6.42 Å². The minimum absolute atomic E-state index is 0.163. The fourth-order valence-corrected chi connectivity index (χ4v) is 3.82. The van der Waals surface area contributed by atoms with Gasteiger partial charge in [0.15, 0.2) is 0 Å². The first-order valence-corrected chi connectivity index (χ1v) is 9.13. The van der Waals surface area contributed by atoms with E-state index in [1.54, 1.807) is 10.8 Å². The number of aromatic nitrogens is 6. The standard InChI is InChI=1S/C19H17F2N7O/c1-11-2-3-12-8-14(25-27(12)9-11)17-16-13(22-10-23-16)5-7-26(17)18(29)15-4-6-24-28(15)19(20)21/h2-4,6,8-10,17,19H,5,7H2,1H3,(H,22,23)/t17-/m0/s1. The highest BCUT2D eigenvalue weighted by molar-refractivity contribution is 5.93. The van der Waals surface area contributed by atoms with E-state index in [-0.39, 0.29) is 5.69 Å². The molecule has 0 radical (unpaired) electrons. The average Bonchev–Trinajstić information content (AvgIpc) is 3.43. The first-order chi connectivity index (χ1) is 14.0. The molecule has 0 aromatic carbocycles. The molecule has 5 heterocycles. The van der Waals surface area contributed by atoms with Crippen molar-refractivity contribution >= 4 is 11.4 Å². The van der Waals surface area contributed by atoms with Crippen molar-refractivity contribution in [1.82, 2.24) is 34.3 Å². The van der Waals surface area contributed by atoms with Gasteiger partial charge in [0.1, 0.15) is 11.7 Å². The molecule has 8 nitrogen and oxygen atoms in total. The van der Waals surface area contributed by atoms with E-state index >= 15 is 0 Å². The summed E-state index contributed by atoms with van der Waals surface area (Å²) in [6.07, 6.45) is 5.22. The highest BCUT2D eigenvalue weighted by Crippen LogP contribution is 2.34. The van der Waals surface area contributed by atoms with E-state index in [9.17, 15) is 13.6 Å². The minimum Gasteiger partial charge on any atom is -0.348 e. The Labute approximate surface area is 163 Å². The van der Waals surface area contributed by atoms with Crippen molar-refractivity contribution in [3.8, 4) is 0 Å². The molecule has 1 amide bonds. The number of amides is 1. The zero-order valence-electron chi connectivity index (χ0n) is 15.5. The van der Waals surface area contributed by atoms with Gasteiger partial charge in [-0.25, -0.2) is 9.50 Å². The number of H-pyrrole nitrogens is 1. The average molecular weight is 397 g/mol. The Morgan fingerprint density at radius 2 is 2.17 bits per heavy atom. The van der Waals surface area contributed by atoms with Gasteiger partial charge in [0.25, 0.3) is 5.91 Å². The summed E-state index contributed by atoms with van der Waals surface area (Å²) in [4.78, 5) is 22.3. The van der Waals surface area contributed by atoms with Gasteiger partial charge in [-0.1, -0.05) is 6.07 Å². The number of alkyl halides is 2. The highest BCUT2D eigenvalue weighted by atomic mass is 19.3. The Hall–Kier alpha value is -3.56. The molecular formula is C19H17F2N7O. The summed E-state index contributed by atoms with van der Waals surface area (Å²) in [5.74, 6) is -0.533. The second kappa shape index (κ2) is 6.50. The molecule has 1 N–H and O–H groups in total. The van der Waals surface area contributed by atoms with Gasteiger partial charge in [0.05, 0.1) is 23.2 Å². The van der Waals surface area contributed by atoms with Crippen LogP contribution in [0.15, 0.2) is 43.0 Å². The van der Waals surface area contributed by atoms with Crippen LogP contribution in [0.2, 0.25) is 0 Å². The molecule has 0 saturated heterocycles. The van der Waals surface area contributed by atoms with Gasteiger partial charge in [-0.15, -0.1) is 0 Å². The van der Waals surface area contributed by atoms with Crippen LogP contribution in [0.5, 0.6) is 0 Å². The van der Waals surface area contributed by atoms with Gasteiger partial charge in [-0.2, -0.15) is 23.7 Å². The quantitative estimate of drug-likeness (QED) is 0.576. The van der Waals surface area contributed by atoms with Crippen LogP contribution in [0.3, 0.4) is 0 Å². The lowest BCUT2D eigenvalue weighted by Crippen LogP contribution is -2.41. The molecule has 1 aliphatic heterocycles. The van der Waals surface area contributed by atoms with E-state index < -0.39 is 18.5 Å². The normalized spacial score (nSPS) is 16.6. The number of aryl methyl sites for hydroxylation is 1. The lowest BCUT2D eigenvalue weighted by molar-refractivity contribution is 0.0441. The fourth-order valence-electron chi connectivity index (χ4n) is 3.82. The van der Waals surface area contributed by atoms with Gasteiger partial charge < -0.3 is 9.88 Å². The molecule has 0 unspecified atom stereocenters. The maximum atomic E-state index is 13.3. The second-order valence-electron chi connectivity index (χ2n) is 7.00. The second-order valence-corrected chi connectivity index (χ2v) is 7.00. The number of fused-ring (bicyclic) bond motifs is 2. The fraction of sp³-hybridized carbons (Fsp3) is 0.263. The SMILES string of the molecule is Cc1ccc2cc([C@H]3c4nc[nH]c4CCN3C(=O)c3ccnn3C(F)F)nn2c1. The number of nitrogens with one attached hydrogen (secondary N) is 1. The molecule has 0 bridgehead atoms. The summed E-state index contributed by atoms with van der Waals surface area (Å²) < 4.78 is 28.7. The smallest absolute Gasteiger partial charge is 0.333 e. The topological polar surface area (TPSA) is 84.1 Å². The summed E-state index contributed by atoms with van der Waals surface area (Å²) in [7, 11) is 0. The first kappa shape index (κ1) is 17.5. The summed E-state index contributed by atoms with van der Waals surface area (Å²) >= 11 is 0. The Morgan fingerprint density at radius 3 is 3.00 bits per heavy atom. The van der Waals surface area contributed by atoms with Gasteiger partial charge in [0.2, 0.25) is 0 Å². The maximum Gasteiger partial charge on any atom is 0.333 e. The number of hydrogen-bond donors (Lipinski definition) is 1. The summed E-state index contributed by atoms with van der Waals surface area (Å²) in [6.45, 7) is -0.583. The molecule has 1 aliphatic rings. The molecule has 5 rings (SSSR count). The van der Waals surface area contributed by atoms with Crippen molar-refractivity contribution in [2.75, 3.05) is 6.54 Å². The van der Waals surface area contributed by atoms with Gasteiger partial charge in [-0.3, -0.25) is 4.79 Å². The Morgan fingerprint density at radius 1 is 1.31 bits per heavy atom. The van der Waals surface area contributed by atoms with Gasteiger partial charge >= 0.3 is 6.55 Å². The maximum absolute atomic E-state index is 13.3. The zero-order valence-corrected chi connectivity index (χ0v) is 15.5. The van der Waals surface area contributed by atoms with E-state index in [0.717, 1.165) is 16.8 Å². The number of halogens is 2. The lowest BCUT2D eigenvalue weighted by atomic mass is 9.99. The van der Waals surface area contributed by atoms with Crippen LogP contribution < -0.4 is 0 Å². The third-order valence-corrected chi connectivity index (χ3v) is 5.17. The van der Waals surface area contributed by atoms with E-state index in [0.29, 0.717) is 29.0 Å². The van der Waals surface area contributed by atoms with Crippen molar-refractivity contribution < 1.29 is 13.6 Å². The van der Waals surface area contributed by atoms with Crippen LogP contribution in [0, 0.1) is 6.92 Å². The van der Waals surface area contributed by atoms with Crippen LogP contribution in [0.25, 0.3) is 5.52 Å². The lowest BCUT2D eigenvalue weighted by Gasteiger charge is -2.33. The number of carbonyl (C=O) groups is 1. The Kier molecular flexibility index (Phi) is 3.93. The number of aromatic amines is 1. The molecule has 148 valence electrons. The van der Waals surface area contributed by atoms with Crippen molar-refractivity contribution in [3.63, 3.8) is 0 Å². The molecule has 0 aliphatic carbocycles. The molecule has 0 spiro atoms. The molecule has 10 heteroatoms. The number of nitrogens with zero attached hydrogens (tertiary/aromatic N) is 6. The third kappa shape index (κ3) is 2.79. The first-order valence-electron chi connectivity index (χ1n) is 9.13. The number of hydrogen-bond acceptors (Lipinski definition) is 4. The molecule has 29 heavy (non-hydrogen) atoms. The molecule has 0 fully saturated rings. The molecule has 4 aromatic rings. The van der Waals surface area contributed by atoms with Crippen LogP contribution in [-0.4, -0.2) is 46.7 Å². The summed E-state index contributed by atoms with van der Waals surface area (Å²) in [5.41, 5.74) is 3.97. The Bertz CT molecular complexity index is 1210. The Balaban J connectivity index is 1.62. The predicted octanol–water partition coefficient (Wildman–Crippen LogP) is 2.75. The van der Waals surface area contributed by atoms with Crippen LogP contribution in [0.1, 0.15) is 45.7 Å². The van der Waals surface area contributed by atoms with Crippen molar-refractivity contribution in [2.45, 2.75) is 25.9 Å². The van der Waals surface area contributed by atoms with E-state index in [1.165, 1.54) is 17.2 Å². The highest BCUT2D eigenvalue weighted by Gasteiger charge is 2.37. The molecular weight excluding hydrogens is 380 g/mol. The van der Waals surface area contributed by atoms with Crippen molar-refractivity contribution in [3.05, 3.63) is 71.3 Å². The number of rotatable bonds is 3. The largest absolute Gasteiger partial charge is 0.348 e. The summed E-state index contributed by atoms with van der Waals surface area (Å²) in [6, 6.07) is 6.53. The number of imidazole rings is 1. The minimum atomic E-state index is -2.90. The number of carbonyl (C=O) groups excluding carboxylic acids is 1. The monoisotopic (exact) mass is 397 g/mol.